The van der Waals surface area contributed by atoms with Crippen LogP contribution in [0.5, 0.6) is 0 Å². The monoisotopic (exact) mass is 442 g/mol. The second-order valence-electron chi connectivity index (χ2n) is 5.77. The minimum Gasteiger partial charge on any atom is -0.386 e. The Bertz CT molecular complexity index is 1080. The number of hydrogen-bond donors (Lipinski definition) is 4. The predicted molar refractivity (Wildman–Crippen MR) is 123 cm³/mol. The van der Waals surface area contributed by atoms with Crippen LogP contribution in [0, 0.1) is 0 Å². The van der Waals surface area contributed by atoms with Crippen LogP contribution in [0.1, 0.15) is 24.8 Å². The van der Waals surface area contributed by atoms with Crippen LogP contribution in [-0.2, 0) is 0 Å². The summed E-state index contributed by atoms with van der Waals surface area (Å²) in [5, 5.41) is 21.3. The second kappa shape index (κ2) is 10.6. The first-order valence-electron chi connectivity index (χ1n) is 9.38. The molecule has 0 bridgehead atoms. The Morgan fingerprint density at radius 2 is 1.90 bits per heavy atom. The normalized spacial score (nSPS) is 11.3. The van der Waals surface area contributed by atoms with E-state index in [0.717, 1.165) is 10.2 Å². The van der Waals surface area contributed by atoms with Crippen molar-refractivity contribution in [3.05, 3.63) is 59.2 Å². The molecule has 8 nitrogen and oxygen atoms in total. The molecular weight excluding hydrogens is 420 g/mol. The molecule has 0 radical (unpaired) electrons. The number of nitrogens with zero attached hydrogens (tertiary/aromatic N) is 3. The molecule has 0 saturated heterocycles. The van der Waals surface area contributed by atoms with E-state index in [9.17, 15) is 9.90 Å². The van der Waals surface area contributed by atoms with Gasteiger partial charge < -0.3 is 15.7 Å². The number of fused-ring (bicyclic) bond motifs is 1. The van der Waals surface area contributed by atoms with E-state index in [1.807, 2.05) is 43.5 Å². The van der Waals surface area contributed by atoms with Crippen LogP contribution >= 0.6 is 22.7 Å². The van der Waals surface area contributed by atoms with Crippen LogP contribution in [0.15, 0.2) is 54.3 Å². The number of anilines is 3. The topological polar surface area (TPSA) is 112 Å². The number of aromatic nitrogens is 3. The number of thiophene rings is 1. The molecule has 1 aromatic carbocycles. The Kier molecular flexibility index (Phi) is 7.66. The average molecular weight is 443 g/mol. The maximum absolute atomic E-state index is 12.0. The van der Waals surface area contributed by atoms with Gasteiger partial charge in [-0.1, -0.05) is 43.4 Å². The second-order valence-corrected chi connectivity index (χ2v) is 7.75. The molecule has 1 unspecified atom stereocenters. The van der Waals surface area contributed by atoms with E-state index in [2.05, 4.69) is 30.9 Å². The number of benzene rings is 1. The third-order valence-corrected chi connectivity index (χ3v) is 5.73. The van der Waals surface area contributed by atoms with Crippen molar-refractivity contribution in [1.29, 1.82) is 0 Å². The Balaban J connectivity index is 0.00000124. The van der Waals surface area contributed by atoms with Gasteiger partial charge >= 0.3 is 6.03 Å². The SMILES string of the molecule is CC.O=C(Nc1ccccc1)Nc1ncc(C(O)CNc2ncnc3ccsc23)s1. The molecule has 2 amide bonds. The molecule has 156 valence electrons. The van der Waals surface area contributed by atoms with Crippen LogP contribution in [0.3, 0.4) is 0 Å². The molecule has 4 aromatic rings. The number of carbonyl (C=O) groups excluding carboxylic acids is 1. The fourth-order valence-electron chi connectivity index (χ4n) is 2.49. The van der Waals surface area contributed by atoms with Crippen LogP contribution in [-0.4, -0.2) is 32.6 Å². The number of urea groups is 1. The molecule has 10 heteroatoms. The molecule has 0 aliphatic carbocycles. The fraction of sp³-hybridized carbons (Fsp3) is 0.200. The highest BCUT2D eigenvalue weighted by Gasteiger charge is 2.14. The van der Waals surface area contributed by atoms with Gasteiger partial charge in [-0.05, 0) is 23.6 Å². The smallest absolute Gasteiger partial charge is 0.325 e. The Hall–Kier alpha value is -3.08. The number of rotatable bonds is 6. The van der Waals surface area contributed by atoms with Gasteiger partial charge in [0.25, 0.3) is 0 Å². The minimum atomic E-state index is -0.782. The van der Waals surface area contributed by atoms with E-state index in [-0.39, 0.29) is 12.6 Å². The third kappa shape index (κ3) is 5.50. The molecule has 4 rings (SSSR count). The van der Waals surface area contributed by atoms with Crippen molar-refractivity contribution in [2.45, 2.75) is 20.0 Å². The minimum absolute atomic E-state index is 0.266. The van der Waals surface area contributed by atoms with E-state index in [1.54, 1.807) is 18.3 Å². The fourth-order valence-corrected chi connectivity index (χ4v) is 4.10. The summed E-state index contributed by atoms with van der Waals surface area (Å²) in [4.78, 5) is 25.2. The van der Waals surface area contributed by atoms with Gasteiger partial charge in [0.1, 0.15) is 18.2 Å². The molecule has 3 heterocycles. The molecule has 0 spiro atoms. The van der Waals surface area contributed by atoms with Gasteiger partial charge in [-0.25, -0.2) is 19.7 Å². The summed E-state index contributed by atoms with van der Waals surface area (Å²) in [7, 11) is 0. The van der Waals surface area contributed by atoms with Crippen LogP contribution < -0.4 is 16.0 Å². The summed E-state index contributed by atoms with van der Waals surface area (Å²) in [5.41, 5.74) is 1.55. The molecular formula is C20H22N6O2S2. The summed E-state index contributed by atoms with van der Waals surface area (Å²) in [6.45, 7) is 4.27. The van der Waals surface area contributed by atoms with Crippen molar-refractivity contribution in [2.24, 2.45) is 0 Å². The summed E-state index contributed by atoms with van der Waals surface area (Å²) >= 11 is 2.76. The van der Waals surface area contributed by atoms with Crippen molar-refractivity contribution in [1.82, 2.24) is 15.0 Å². The standard InChI is InChI=1S/C18H16N6O2S2.C2H6/c25-13(8-19-16-15-12(6-7-27-15)21-10-22-16)14-9-20-18(28-14)24-17(26)23-11-4-2-1-3-5-11;1-2/h1-7,9-10,13,25H,8H2,(H,19,21,22)(H2,20,23,24,26);1-2H3. The van der Waals surface area contributed by atoms with Crippen molar-refractivity contribution in [2.75, 3.05) is 22.5 Å². The highest BCUT2D eigenvalue weighted by Crippen LogP contribution is 2.27. The summed E-state index contributed by atoms with van der Waals surface area (Å²) in [6.07, 6.45) is 2.26. The number of amides is 2. The number of aliphatic hydroxyl groups is 1. The summed E-state index contributed by atoms with van der Waals surface area (Å²) in [6, 6.07) is 10.7. The molecule has 3 aromatic heterocycles. The Morgan fingerprint density at radius 3 is 2.70 bits per heavy atom. The average Bonchev–Trinajstić information content (AvgIpc) is 3.44. The van der Waals surface area contributed by atoms with Gasteiger partial charge in [0.05, 0.1) is 15.1 Å². The zero-order chi connectivity index (χ0) is 21.3. The first-order chi connectivity index (χ1) is 14.7. The highest BCUT2D eigenvalue weighted by molar-refractivity contribution is 7.17. The van der Waals surface area contributed by atoms with Gasteiger partial charge in [-0.3, -0.25) is 5.32 Å². The molecule has 0 aliphatic heterocycles. The Morgan fingerprint density at radius 1 is 1.10 bits per heavy atom. The van der Waals surface area contributed by atoms with Gasteiger partial charge in [0.15, 0.2) is 5.13 Å². The lowest BCUT2D eigenvalue weighted by atomic mass is 10.3. The molecule has 0 fully saturated rings. The van der Waals surface area contributed by atoms with E-state index in [4.69, 9.17) is 0 Å². The van der Waals surface area contributed by atoms with Gasteiger partial charge in [0, 0.05) is 18.4 Å². The van der Waals surface area contributed by atoms with Crippen molar-refractivity contribution >= 4 is 55.6 Å². The largest absolute Gasteiger partial charge is 0.386 e. The number of para-hydroxylation sites is 1. The lowest BCUT2D eigenvalue weighted by Crippen LogP contribution is -2.19. The van der Waals surface area contributed by atoms with Crippen molar-refractivity contribution in [3.8, 4) is 0 Å². The lowest BCUT2D eigenvalue weighted by Gasteiger charge is -2.10. The highest BCUT2D eigenvalue weighted by atomic mass is 32.1. The van der Waals surface area contributed by atoms with E-state index >= 15 is 0 Å². The first kappa shape index (κ1) is 21.6. The first-order valence-corrected chi connectivity index (χ1v) is 11.1. The predicted octanol–water partition coefficient (Wildman–Crippen LogP) is 4.96. The molecule has 1 atom stereocenters. The van der Waals surface area contributed by atoms with Crippen molar-refractivity contribution in [3.63, 3.8) is 0 Å². The maximum atomic E-state index is 12.0. The molecule has 0 saturated carbocycles. The van der Waals surface area contributed by atoms with Crippen LogP contribution in [0.25, 0.3) is 10.2 Å². The van der Waals surface area contributed by atoms with Gasteiger partial charge in [-0.15, -0.1) is 11.3 Å². The maximum Gasteiger partial charge on any atom is 0.325 e. The molecule has 30 heavy (non-hydrogen) atoms. The van der Waals surface area contributed by atoms with Crippen LogP contribution in [0.2, 0.25) is 0 Å². The van der Waals surface area contributed by atoms with Gasteiger partial charge in [0.2, 0.25) is 0 Å². The lowest BCUT2D eigenvalue weighted by molar-refractivity contribution is 0.195. The summed E-state index contributed by atoms with van der Waals surface area (Å²) < 4.78 is 0.943. The zero-order valence-electron chi connectivity index (χ0n) is 16.5. The molecule has 0 aliphatic rings. The van der Waals surface area contributed by atoms with E-state index in [0.29, 0.717) is 21.5 Å². The number of aliphatic hydroxyl groups excluding tert-OH is 1. The Labute approximate surface area is 182 Å². The quantitative estimate of drug-likeness (QED) is 0.336. The molecule has 4 N–H and O–H groups in total. The third-order valence-electron chi connectivity index (χ3n) is 3.81. The van der Waals surface area contributed by atoms with E-state index in [1.165, 1.54) is 29.0 Å². The number of carbonyl (C=O) groups is 1. The summed E-state index contributed by atoms with van der Waals surface area (Å²) in [5.74, 6) is 0.684. The number of nitrogens with one attached hydrogen (secondary N) is 3. The van der Waals surface area contributed by atoms with Crippen LogP contribution in [0.4, 0.5) is 21.4 Å². The number of thiazole rings is 1. The van der Waals surface area contributed by atoms with E-state index < -0.39 is 6.10 Å². The van der Waals surface area contributed by atoms with Crippen molar-refractivity contribution < 1.29 is 9.90 Å². The zero-order valence-corrected chi connectivity index (χ0v) is 18.1. The number of hydrogen-bond acceptors (Lipinski definition) is 8. The van der Waals surface area contributed by atoms with Gasteiger partial charge in [-0.2, -0.15) is 0 Å².